The Kier molecular flexibility index (Phi) is 6.60. The molecule has 0 spiro atoms. The fraction of sp³-hybridized carbons (Fsp3) is 0.467. The summed E-state index contributed by atoms with van der Waals surface area (Å²) in [5.74, 6) is 0. The summed E-state index contributed by atoms with van der Waals surface area (Å²) >= 11 is 0. The first kappa shape index (κ1) is 13.9. The van der Waals surface area contributed by atoms with E-state index >= 15 is 0 Å². The Morgan fingerprint density at radius 1 is 1.35 bits per heavy atom. The normalized spacial score (nSPS) is 13.7. The second-order valence-corrected chi connectivity index (χ2v) is 4.40. The summed E-state index contributed by atoms with van der Waals surface area (Å²) in [6, 6.07) is 10.2. The van der Waals surface area contributed by atoms with Gasteiger partial charge in [0.15, 0.2) is 0 Å². The Balaban J connectivity index is 2.09. The first-order valence-electron chi connectivity index (χ1n) is 6.15. The van der Waals surface area contributed by atoms with Crippen LogP contribution in [0.5, 0.6) is 0 Å². The van der Waals surface area contributed by atoms with Gasteiger partial charge in [-0.15, -0.1) is 0 Å². The van der Waals surface area contributed by atoms with E-state index in [0.29, 0.717) is 6.61 Å². The molecule has 0 heterocycles. The molecule has 0 bridgehead atoms. The molecule has 17 heavy (non-hydrogen) atoms. The Bertz CT molecular complexity index is 328. The highest BCUT2D eigenvalue weighted by Gasteiger charge is 1.95. The lowest BCUT2D eigenvalue weighted by atomic mass is 10.1. The third kappa shape index (κ3) is 6.93. The van der Waals surface area contributed by atoms with Crippen molar-refractivity contribution in [2.45, 2.75) is 39.4 Å². The molecule has 0 saturated carbocycles. The maximum Gasteiger partial charge on any atom is 0.0716 e. The van der Waals surface area contributed by atoms with Gasteiger partial charge in [-0.25, -0.2) is 0 Å². The van der Waals surface area contributed by atoms with Gasteiger partial charge in [0.1, 0.15) is 0 Å². The standard InChI is InChI=1S/C15H22O2/c1-13(11-14(2)16)7-6-10-17-12-15-8-4-3-5-9-15/h3-5,8-9,11,14,16H,6-7,10,12H2,1-2H3. The molecule has 0 fully saturated rings. The topological polar surface area (TPSA) is 29.5 Å². The number of allylic oxidation sites excluding steroid dienone is 1. The molecular weight excluding hydrogens is 212 g/mol. The smallest absolute Gasteiger partial charge is 0.0716 e. The fourth-order valence-electron chi connectivity index (χ4n) is 1.71. The van der Waals surface area contributed by atoms with Crippen molar-refractivity contribution in [1.82, 2.24) is 0 Å². The summed E-state index contributed by atoms with van der Waals surface area (Å²) in [6.45, 7) is 5.26. The summed E-state index contributed by atoms with van der Waals surface area (Å²) in [4.78, 5) is 0. The van der Waals surface area contributed by atoms with E-state index in [0.717, 1.165) is 19.4 Å². The van der Waals surface area contributed by atoms with Crippen LogP contribution in [0.25, 0.3) is 0 Å². The zero-order valence-electron chi connectivity index (χ0n) is 10.7. The summed E-state index contributed by atoms with van der Waals surface area (Å²) in [7, 11) is 0. The molecule has 1 aromatic carbocycles. The molecule has 2 heteroatoms. The number of benzene rings is 1. The van der Waals surface area contributed by atoms with Crippen molar-refractivity contribution in [2.24, 2.45) is 0 Å². The second kappa shape index (κ2) is 8.04. The molecule has 1 aromatic rings. The quantitative estimate of drug-likeness (QED) is 0.579. The van der Waals surface area contributed by atoms with E-state index in [9.17, 15) is 0 Å². The molecule has 94 valence electrons. The molecule has 1 N–H and O–H groups in total. The number of aliphatic hydroxyl groups is 1. The van der Waals surface area contributed by atoms with E-state index in [2.05, 4.69) is 12.1 Å². The van der Waals surface area contributed by atoms with Crippen LogP contribution in [-0.4, -0.2) is 17.8 Å². The minimum Gasteiger partial charge on any atom is -0.389 e. The number of hydrogen-bond donors (Lipinski definition) is 1. The lowest BCUT2D eigenvalue weighted by molar-refractivity contribution is 0.118. The number of rotatable bonds is 7. The van der Waals surface area contributed by atoms with Crippen molar-refractivity contribution in [3.05, 3.63) is 47.5 Å². The third-order valence-electron chi connectivity index (χ3n) is 2.50. The van der Waals surface area contributed by atoms with Gasteiger partial charge >= 0.3 is 0 Å². The van der Waals surface area contributed by atoms with Gasteiger partial charge in [0.2, 0.25) is 0 Å². The molecule has 0 amide bonds. The van der Waals surface area contributed by atoms with Gasteiger partial charge in [-0.1, -0.05) is 42.0 Å². The van der Waals surface area contributed by atoms with Crippen molar-refractivity contribution in [3.63, 3.8) is 0 Å². The first-order chi connectivity index (χ1) is 8.18. The largest absolute Gasteiger partial charge is 0.389 e. The van der Waals surface area contributed by atoms with Gasteiger partial charge in [-0.2, -0.15) is 0 Å². The maximum absolute atomic E-state index is 9.17. The Morgan fingerprint density at radius 3 is 2.71 bits per heavy atom. The van der Waals surface area contributed by atoms with Gasteiger partial charge in [0.25, 0.3) is 0 Å². The van der Waals surface area contributed by atoms with Gasteiger partial charge < -0.3 is 9.84 Å². The lowest BCUT2D eigenvalue weighted by Gasteiger charge is -2.05. The van der Waals surface area contributed by atoms with Crippen molar-refractivity contribution in [1.29, 1.82) is 0 Å². The van der Waals surface area contributed by atoms with Gasteiger partial charge in [-0.3, -0.25) is 0 Å². The Hall–Kier alpha value is -1.12. The highest BCUT2D eigenvalue weighted by molar-refractivity contribution is 5.13. The van der Waals surface area contributed by atoms with Crippen LogP contribution in [0.2, 0.25) is 0 Å². The summed E-state index contributed by atoms with van der Waals surface area (Å²) in [5.41, 5.74) is 2.44. The SMILES string of the molecule is CC(=CC(C)O)CCCOCc1ccccc1. The molecule has 0 radical (unpaired) electrons. The molecule has 0 aliphatic carbocycles. The van der Waals surface area contributed by atoms with Crippen LogP contribution >= 0.6 is 0 Å². The zero-order chi connectivity index (χ0) is 12.5. The van der Waals surface area contributed by atoms with Crippen LogP contribution in [0.1, 0.15) is 32.3 Å². The summed E-state index contributed by atoms with van der Waals surface area (Å²) in [5, 5.41) is 9.17. The molecular formula is C15H22O2. The molecule has 1 rings (SSSR count). The van der Waals surface area contributed by atoms with Crippen LogP contribution in [0.3, 0.4) is 0 Å². The number of ether oxygens (including phenoxy) is 1. The van der Waals surface area contributed by atoms with E-state index < -0.39 is 0 Å². The van der Waals surface area contributed by atoms with Crippen LogP contribution in [0.4, 0.5) is 0 Å². The van der Waals surface area contributed by atoms with Crippen molar-refractivity contribution >= 4 is 0 Å². The van der Waals surface area contributed by atoms with Gasteiger partial charge in [-0.05, 0) is 32.3 Å². The number of hydrogen-bond acceptors (Lipinski definition) is 2. The average molecular weight is 234 g/mol. The van der Waals surface area contributed by atoms with Gasteiger partial charge in [0.05, 0.1) is 12.7 Å². The van der Waals surface area contributed by atoms with Crippen LogP contribution < -0.4 is 0 Å². The van der Waals surface area contributed by atoms with E-state index in [1.54, 1.807) is 6.92 Å². The summed E-state index contributed by atoms with van der Waals surface area (Å²) in [6.07, 6.45) is 3.53. The van der Waals surface area contributed by atoms with E-state index in [-0.39, 0.29) is 6.10 Å². The molecule has 0 aliphatic rings. The van der Waals surface area contributed by atoms with Crippen LogP contribution in [0.15, 0.2) is 42.0 Å². The predicted molar refractivity (Wildman–Crippen MR) is 70.8 cm³/mol. The van der Waals surface area contributed by atoms with Gasteiger partial charge in [0, 0.05) is 6.61 Å². The average Bonchev–Trinajstić information content (AvgIpc) is 2.29. The fourth-order valence-corrected chi connectivity index (χ4v) is 1.71. The maximum atomic E-state index is 9.17. The zero-order valence-corrected chi connectivity index (χ0v) is 10.7. The molecule has 0 aliphatic heterocycles. The molecule has 0 aromatic heterocycles. The number of aliphatic hydroxyl groups excluding tert-OH is 1. The van der Waals surface area contributed by atoms with Crippen molar-refractivity contribution < 1.29 is 9.84 Å². The van der Waals surface area contributed by atoms with Crippen LogP contribution in [0, 0.1) is 0 Å². The van der Waals surface area contributed by atoms with Crippen molar-refractivity contribution in [3.8, 4) is 0 Å². The minimum atomic E-state index is -0.347. The first-order valence-corrected chi connectivity index (χ1v) is 6.15. The Labute approximate surface area is 104 Å². The lowest BCUT2D eigenvalue weighted by Crippen LogP contribution is -1.98. The van der Waals surface area contributed by atoms with E-state index in [1.807, 2.05) is 31.2 Å². The predicted octanol–water partition coefficient (Wildman–Crippen LogP) is 3.31. The Morgan fingerprint density at radius 2 is 2.06 bits per heavy atom. The minimum absolute atomic E-state index is 0.347. The molecule has 2 nitrogen and oxygen atoms in total. The van der Waals surface area contributed by atoms with Crippen molar-refractivity contribution in [2.75, 3.05) is 6.61 Å². The highest BCUT2D eigenvalue weighted by Crippen LogP contribution is 2.07. The highest BCUT2D eigenvalue weighted by atomic mass is 16.5. The molecule has 1 atom stereocenters. The third-order valence-corrected chi connectivity index (χ3v) is 2.50. The van der Waals surface area contributed by atoms with Crippen LogP contribution in [-0.2, 0) is 11.3 Å². The van der Waals surface area contributed by atoms with E-state index in [1.165, 1.54) is 11.1 Å². The molecule has 0 saturated heterocycles. The second-order valence-electron chi connectivity index (χ2n) is 4.40. The summed E-state index contributed by atoms with van der Waals surface area (Å²) < 4.78 is 5.59. The molecule has 1 unspecified atom stereocenters. The monoisotopic (exact) mass is 234 g/mol. The van der Waals surface area contributed by atoms with E-state index in [4.69, 9.17) is 9.84 Å².